The molecule has 0 N–H and O–H groups in total. The van der Waals surface area contributed by atoms with E-state index in [1.165, 1.54) is 0 Å². The molecule has 116 valence electrons. The average molecular weight is 334 g/mol. The van der Waals surface area contributed by atoms with Crippen molar-refractivity contribution in [1.29, 1.82) is 0 Å². The summed E-state index contributed by atoms with van der Waals surface area (Å²) in [6.45, 7) is 0. The Hall–Kier alpha value is -2.98. The second-order valence-corrected chi connectivity index (χ2v) is 5.65. The van der Waals surface area contributed by atoms with Crippen LogP contribution in [0.5, 0.6) is 0 Å². The number of hydrogen-bond donors (Lipinski definition) is 0. The van der Waals surface area contributed by atoms with E-state index in [4.69, 9.17) is 16.0 Å². The van der Waals surface area contributed by atoms with Crippen molar-refractivity contribution in [1.82, 2.24) is 15.2 Å². The highest BCUT2D eigenvalue weighted by molar-refractivity contribution is 6.30. The smallest absolute Gasteiger partial charge is 0.248 e. The van der Waals surface area contributed by atoms with E-state index in [0.717, 1.165) is 22.4 Å². The highest BCUT2D eigenvalue weighted by Crippen LogP contribution is 2.27. The number of aromatic nitrogens is 3. The molecular formula is C19H12ClN3O. The Kier molecular flexibility index (Phi) is 3.81. The van der Waals surface area contributed by atoms with Gasteiger partial charge < -0.3 is 4.42 Å². The van der Waals surface area contributed by atoms with E-state index in [1.54, 1.807) is 18.3 Å². The first-order valence-corrected chi connectivity index (χ1v) is 7.79. The lowest BCUT2D eigenvalue weighted by atomic mass is 10.1. The maximum absolute atomic E-state index is 6.01. The summed E-state index contributed by atoms with van der Waals surface area (Å²) in [5.74, 6) is 0.884. The summed E-state index contributed by atoms with van der Waals surface area (Å²) in [6, 6.07) is 21.1. The van der Waals surface area contributed by atoms with Gasteiger partial charge in [0.2, 0.25) is 11.8 Å². The van der Waals surface area contributed by atoms with Crippen LogP contribution in [-0.2, 0) is 0 Å². The van der Waals surface area contributed by atoms with Crippen LogP contribution in [0, 0.1) is 0 Å². The van der Waals surface area contributed by atoms with Crippen molar-refractivity contribution in [2.75, 3.05) is 0 Å². The minimum absolute atomic E-state index is 0.436. The monoisotopic (exact) mass is 333 g/mol. The first-order chi connectivity index (χ1) is 11.8. The highest BCUT2D eigenvalue weighted by Gasteiger charge is 2.12. The number of benzene rings is 2. The van der Waals surface area contributed by atoms with E-state index in [-0.39, 0.29) is 0 Å². The van der Waals surface area contributed by atoms with Gasteiger partial charge in [0.05, 0.1) is 5.69 Å². The molecule has 2 aromatic heterocycles. The fraction of sp³-hybridized carbons (Fsp3) is 0. The summed E-state index contributed by atoms with van der Waals surface area (Å²) in [5, 5.41) is 8.88. The van der Waals surface area contributed by atoms with E-state index in [0.29, 0.717) is 16.8 Å². The van der Waals surface area contributed by atoms with Crippen LogP contribution in [0.15, 0.2) is 77.3 Å². The summed E-state index contributed by atoms with van der Waals surface area (Å²) in [6.07, 6.45) is 1.74. The molecule has 0 saturated heterocycles. The molecule has 0 unspecified atom stereocenters. The molecule has 4 rings (SSSR count). The molecule has 2 heterocycles. The predicted octanol–water partition coefficient (Wildman–Crippen LogP) is 5.12. The van der Waals surface area contributed by atoms with Crippen LogP contribution in [-0.4, -0.2) is 15.2 Å². The third-order valence-corrected chi connectivity index (χ3v) is 3.81. The maximum atomic E-state index is 6.01. The first kappa shape index (κ1) is 14.6. The van der Waals surface area contributed by atoms with Gasteiger partial charge in [-0.25, -0.2) is 0 Å². The Morgan fingerprint density at radius 2 is 1.42 bits per heavy atom. The molecule has 0 radical (unpaired) electrons. The van der Waals surface area contributed by atoms with Gasteiger partial charge in [0.25, 0.3) is 0 Å². The molecule has 4 nitrogen and oxygen atoms in total. The minimum Gasteiger partial charge on any atom is -0.416 e. The predicted molar refractivity (Wildman–Crippen MR) is 93.4 cm³/mol. The van der Waals surface area contributed by atoms with Crippen molar-refractivity contribution < 1.29 is 4.42 Å². The summed E-state index contributed by atoms with van der Waals surface area (Å²) in [5.41, 5.74) is 3.51. The number of pyridine rings is 1. The summed E-state index contributed by atoms with van der Waals surface area (Å²) >= 11 is 6.01. The molecule has 0 aliphatic carbocycles. The van der Waals surface area contributed by atoms with Crippen molar-refractivity contribution in [3.8, 4) is 34.2 Å². The molecule has 0 amide bonds. The lowest BCUT2D eigenvalue weighted by Crippen LogP contribution is -1.85. The Balaban J connectivity index is 1.70. The molecular weight excluding hydrogens is 322 g/mol. The lowest BCUT2D eigenvalue weighted by Gasteiger charge is -2.01. The van der Waals surface area contributed by atoms with E-state index in [2.05, 4.69) is 15.2 Å². The van der Waals surface area contributed by atoms with Gasteiger partial charge in [0.1, 0.15) is 0 Å². The van der Waals surface area contributed by atoms with Gasteiger partial charge in [-0.2, -0.15) is 0 Å². The SMILES string of the molecule is Clc1cccc(-c2nnc(-c3ccnc(-c4ccccc4)c3)o2)c1. The van der Waals surface area contributed by atoms with Crippen LogP contribution in [0.4, 0.5) is 0 Å². The minimum atomic E-state index is 0.436. The van der Waals surface area contributed by atoms with Crippen molar-refractivity contribution in [2.45, 2.75) is 0 Å². The Morgan fingerprint density at radius 1 is 0.708 bits per heavy atom. The summed E-state index contributed by atoms with van der Waals surface area (Å²) in [4.78, 5) is 4.40. The van der Waals surface area contributed by atoms with Gasteiger partial charge in [0, 0.05) is 27.9 Å². The number of halogens is 1. The zero-order chi connectivity index (χ0) is 16.4. The van der Waals surface area contributed by atoms with Crippen LogP contribution in [0.1, 0.15) is 0 Å². The van der Waals surface area contributed by atoms with E-state index in [9.17, 15) is 0 Å². The topological polar surface area (TPSA) is 51.8 Å². The molecule has 0 saturated carbocycles. The van der Waals surface area contributed by atoms with E-state index in [1.807, 2.05) is 54.6 Å². The van der Waals surface area contributed by atoms with Crippen LogP contribution in [0.3, 0.4) is 0 Å². The molecule has 0 aliphatic rings. The molecule has 5 heteroatoms. The first-order valence-electron chi connectivity index (χ1n) is 7.41. The molecule has 4 aromatic rings. The van der Waals surface area contributed by atoms with Crippen LogP contribution in [0.25, 0.3) is 34.2 Å². The third kappa shape index (κ3) is 2.92. The van der Waals surface area contributed by atoms with Crippen molar-refractivity contribution in [3.63, 3.8) is 0 Å². The van der Waals surface area contributed by atoms with Gasteiger partial charge in [-0.05, 0) is 30.3 Å². The highest BCUT2D eigenvalue weighted by atomic mass is 35.5. The van der Waals surface area contributed by atoms with Gasteiger partial charge >= 0.3 is 0 Å². The largest absolute Gasteiger partial charge is 0.416 e. The molecule has 0 fully saturated rings. The Labute approximate surface area is 143 Å². The molecule has 24 heavy (non-hydrogen) atoms. The Morgan fingerprint density at radius 3 is 2.17 bits per heavy atom. The van der Waals surface area contributed by atoms with Crippen LogP contribution in [0.2, 0.25) is 5.02 Å². The van der Waals surface area contributed by atoms with Gasteiger partial charge in [-0.15, -0.1) is 10.2 Å². The Bertz CT molecular complexity index is 983. The molecule has 0 atom stereocenters. The summed E-state index contributed by atoms with van der Waals surface area (Å²) in [7, 11) is 0. The van der Waals surface area contributed by atoms with E-state index >= 15 is 0 Å². The quantitative estimate of drug-likeness (QED) is 0.522. The zero-order valence-corrected chi connectivity index (χ0v) is 13.3. The second kappa shape index (κ2) is 6.26. The van der Waals surface area contributed by atoms with Gasteiger partial charge in [0.15, 0.2) is 0 Å². The number of hydrogen-bond acceptors (Lipinski definition) is 4. The second-order valence-electron chi connectivity index (χ2n) is 5.22. The number of nitrogens with zero attached hydrogens (tertiary/aromatic N) is 3. The van der Waals surface area contributed by atoms with Crippen molar-refractivity contribution >= 4 is 11.6 Å². The molecule has 0 spiro atoms. The summed E-state index contributed by atoms with van der Waals surface area (Å²) < 4.78 is 5.79. The normalized spacial score (nSPS) is 10.7. The van der Waals surface area contributed by atoms with Crippen LogP contribution >= 0.6 is 11.6 Å². The average Bonchev–Trinajstić information content (AvgIpc) is 3.13. The van der Waals surface area contributed by atoms with E-state index < -0.39 is 0 Å². The third-order valence-electron chi connectivity index (χ3n) is 3.57. The molecule has 2 aromatic carbocycles. The van der Waals surface area contributed by atoms with Crippen molar-refractivity contribution in [2.24, 2.45) is 0 Å². The zero-order valence-electron chi connectivity index (χ0n) is 12.6. The molecule has 0 bridgehead atoms. The van der Waals surface area contributed by atoms with Gasteiger partial charge in [-0.3, -0.25) is 4.98 Å². The number of rotatable bonds is 3. The van der Waals surface area contributed by atoms with Gasteiger partial charge in [-0.1, -0.05) is 48.0 Å². The maximum Gasteiger partial charge on any atom is 0.248 e. The standard InChI is InChI=1S/C19H12ClN3O/c20-16-8-4-7-14(11-16)18-22-23-19(24-18)15-9-10-21-17(12-15)13-5-2-1-3-6-13/h1-12H. The fourth-order valence-corrected chi connectivity index (χ4v) is 2.60. The van der Waals surface area contributed by atoms with Crippen LogP contribution < -0.4 is 0 Å². The lowest BCUT2D eigenvalue weighted by molar-refractivity contribution is 0.584. The fourth-order valence-electron chi connectivity index (χ4n) is 2.41. The van der Waals surface area contributed by atoms with Crippen molar-refractivity contribution in [3.05, 3.63) is 77.9 Å². The molecule has 0 aliphatic heterocycles.